The zero-order valence-corrected chi connectivity index (χ0v) is 18.1. The Balaban J connectivity index is 2.33. The van der Waals surface area contributed by atoms with Gasteiger partial charge >= 0.3 is 6.18 Å². The van der Waals surface area contributed by atoms with Crippen LogP contribution in [0, 0.1) is 5.92 Å². The topological polar surface area (TPSA) is 66.5 Å². The Morgan fingerprint density at radius 2 is 2.00 bits per heavy atom. The molecule has 2 rings (SSSR count). The van der Waals surface area contributed by atoms with E-state index in [1.165, 1.54) is 6.07 Å². The molecule has 0 aromatic heterocycles. The van der Waals surface area contributed by atoms with Crippen LogP contribution in [-0.4, -0.2) is 37.8 Å². The Hall–Kier alpha value is -1.13. The van der Waals surface area contributed by atoms with Crippen LogP contribution >= 0.6 is 15.9 Å². The molecule has 158 valence electrons. The third-order valence-electron chi connectivity index (χ3n) is 4.86. The highest BCUT2D eigenvalue weighted by molar-refractivity contribution is 9.10. The van der Waals surface area contributed by atoms with Crippen molar-refractivity contribution in [3.63, 3.8) is 0 Å². The summed E-state index contributed by atoms with van der Waals surface area (Å²) in [6.07, 6.45) is -2.19. The van der Waals surface area contributed by atoms with Crippen molar-refractivity contribution in [3.8, 4) is 0 Å². The molecule has 1 fully saturated rings. The first-order valence-electron chi connectivity index (χ1n) is 9.14. The molecule has 0 radical (unpaired) electrons. The van der Waals surface area contributed by atoms with Crippen molar-refractivity contribution in [2.24, 2.45) is 5.92 Å². The van der Waals surface area contributed by atoms with E-state index in [0.29, 0.717) is 19.4 Å². The summed E-state index contributed by atoms with van der Waals surface area (Å²) in [4.78, 5) is 11.6. The second kappa shape index (κ2) is 9.13. The summed E-state index contributed by atoms with van der Waals surface area (Å²) in [5.74, 6) is -0.833. The van der Waals surface area contributed by atoms with Gasteiger partial charge in [0.25, 0.3) is 0 Å². The fraction of sp³-hybridized carbons (Fsp3) is 0.611. The summed E-state index contributed by atoms with van der Waals surface area (Å²) >= 11 is 2.96. The third-order valence-corrected chi connectivity index (χ3v) is 7.39. The van der Waals surface area contributed by atoms with E-state index in [1.807, 2.05) is 6.92 Å². The van der Waals surface area contributed by atoms with Crippen molar-refractivity contribution < 1.29 is 26.4 Å². The summed E-state index contributed by atoms with van der Waals surface area (Å²) in [7, 11) is -4.42. The number of nitrogens with one attached hydrogen (secondary N) is 1. The van der Waals surface area contributed by atoms with Gasteiger partial charge in [-0.2, -0.15) is 17.5 Å². The first-order chi connectivity index (χ1) is 13.0. The molecule has 10 heteroatoms. The number of nitrogens with zero attached hydrogens (tertiary/aromatic N) is 1. The van der Waals surface area contributed by atoms with Crippen molar-refractivity contribution >= 4 is 31.9 Å². The van der Waals surface area contributed by atoms with Crippen LogP contribution in [0.15, 0.2) is 27.6 Å². The summed E-state index contributed by atoms with van der Waals surface area (Å²) in [6, 6.07) is 2.50. The highest BCUT2D eigenvalue weighted by atomic mass is 79.9. The molecule has 5 nitrogen and oxygen atoms in total. The lowest BCUT2D eigenvalue weighted by atomic mass is 9.94. The van der Waals surface area contributed by atoms with Gasteiger partial charge in [-0.05, 0) is 44.4 Å². The maximum atomic E-state index is 13.4. The maximum Gasteiger partial charge on any atom is 0.417 e. The van der Waals surface area contributed by atoms with Crippen LogP contribution in [0.4, 0.5) is 13.2 Å². The standard InChI is InChI=1S/C18H24BrF3N2O3S/c1-3-4-9-23-17(25)13-6-5-12(2)24(11-13)28(26,27)16-8-7-14(19)10-15(16)18(20,21)22/h7-8,10,12-13H,3-6,9,11H2,1-2H3,(H,23,25). The molecular formula is C18H24BrF3N2O3S. The van der Waals surface area contributed by atoms with Crippen molar-refractivity contribution in [3.05, 3.63) is 28.2 Å². The number of unbranched alkanes of at least 4 members (excludes halogenated alkanes) is 1. The molecule has 28 heavy (non-hydrogen) atoms. The van der Waals surface area contributed by atoms with Crippen LogP contribution in [0.1, 0.15) is 45.1 Å². The summed E-state index contributed by atoms with van der Waals surface area (Å²) in [5.41, 5.74) is -1.22. The number of alkyl halides is 3. The van der Waals surface area contributed by atoms with E-state index in [9.17, 15) is 26.4 Å². The van der Waals surface area contributed by atoms with Crippen LogP contribution in [0.5, 0.6) is 0 Å². The molecule has 2 unspecified atom stereocenters. The predicted octanol–water partition coefficient (Wildman–Crippen LogP) is 4.17. The lowest BCUT2D eigenvalue weighted by Gasteiger charge is -2.36. The lowest BCUT2D eigenvalue weighted by Crippen LogP contribution is -2.49. The molecular weight excluding hydrogens is 461 g/mol. The minimum Gasteiger partial charge on any atom is -0.356 e. The number of sulfonamides is 1. The predicted molar refractivity (Wildman–Crippen MR) is 103 cm³/mol. The Morgan fingerprint density at radius 1 is 1.32 bits per heavy atom. The molecule has 1 aromatic rings. The minimum atomic E-state index is -4.82. The van der Waals surface area contributed by atoms with Crippen LogP contribution in [0.2, 0.25) is 0 Å². The number of amides is 1. The average molecular weight is 485 g/mol. The van der Waals surface area contributed by atoms with Crippen molar-refractivity contribution in [1.29, 1.82) is 0 Å². The first-order valence-corrected chi connectivity index (χ1v) is 11.4. The zero-order valence-electron chi connectivity index (χ0n) is 15.7. The number of hydrogen-bond acceptors (Lipinski definition) is 3. The monoisotopic (exact) mass is 484 g/mol. The second-order valence-corrected chi connectivity index (χ2v) is 9.76. The maximum absolute atomic E-state index is 13.4. The molecule has 2 atom stereocenters. The number of piperidine rings is 1. The molecule has 1 saturated heterocycles. The Kier molecular flexibility index (Phi) is 7.55. The Labute approximate surface area is 171 Å². The van der Waals surface area contributed by atoms with Crippen LogP contribution < -0.4 is 5.32 Å². The van der Waals surface area contributed by atoms with Gasteiger partial charge in [0.1, 0.15) is 0 Å². The van der Waals surface area contributed by atoms with E-state index in [4.69, 9.17) is 0 Å². The largest absolute Gasteiger partial charge is 0.417 e. The third kappa shape index (κ3) is 5.27. The van der Waals surface area contributed by atoms with Crippen molar-refractivity contribution in [2.75, 3.05) is 13.1 Å². The molecule has 1 heterocycles. The first kappa shape index (κ1) is 23.2. The van der Waals surface area contributed by atoms with E-state index in [1.54, 1.807) is 6.92 Å². The van der Waals surface area contributed by atoms with E-state index in [0.717, 1.165) is 29.3 Å². The Morgan fingerprint density at radius 3 is 2.61 bits per heavy atom. The Bertz CT molecular complexity index is 815. The van der Waals surface area contributed by atoms with Crippen molar-refractivity contribution in [1.82, 2.24) is 9.62 Å². The normalized spacial score (nSPS) is 21.5. The minimum absolute atomic E-state index is 0.130. The molecule has 0 bridgehead atoms. The molecule has 1 aromatic carbocycles. The van der Waals surface area contributed by atoms with Crippen LogP contribution in [0.3, 0.4) is 0 Å². The highest BCUT2D eigenvalue weighted by Crippen LogP contribution is 2.38. The molecule has 0 spiro atoms. The van der Waals surface area contributed by atoms with Gasteiger partial charge in [0.15, 0.2) is 0 Å². The van der Waals surface area contributed by atoms with Gasteiger partial charge < -0.3 is 5.32 Å². The number of benzene rings is 1. The number of rotatable bonds is 6. The fourth-order valence-electron chi connectivity index (χ4n) is 3.23. The van der Waals surface area contributed by atoms with Gasteiger partial charge in [0.05, 0.1) is 16.4 Å². The second-order valence-electron chi connectivity index (χ2n) is 6.98. The quantitative estimate of drug-likeness (QED) is 0.616. The van der Waals surface area contributed by atoms with Crippen molar-refractivity contribution in [2.45, 2.75) is 56.6 Å². The summed E-state index contributed by atoms with van der Waals surface area (Å²) in [5, 5.41) is 2.78. The smallest absolute Gasteiger partial charge is 0.356 e. The van der Waals surface area contributed by atoms with Gasteiger partial charge in [-0.3, -0.25) is 4.79 Å². The number of carbonyl (C=O) groups excluding carboxylic acids is 1. The van der Waals surface area contributed by atoms with Gasteiger partial charge in [-0.15, -0.1) is 0 Å². The van der Waals surface area contributed by atoms with E-state index in [2.05, 4.69) is 21.2 Å². The molecule has 1 amide bonds. The van der Waals surface area contributed by atoms with Gasteiger partial charge in [-0.25, -0.2) is 8.42 Å². The molecule has 1 N–H and O–H groups in total. The summed E-state index contributed by atoms with van der Waals surface area (Å²) in [6.45, 7) is 4.00. The zero-order chi connectivity index (χ0) is 21.1. The summed E-state index contributed by atoms with van der Waals surface area (Å²) < 4.78 is 67.6. The van der Waals surface area contributed by atoms with Gasteiger partial charge in [-0.1, -0.05) is 29.3 Å². The van der Waals surface area contributed by atoms with E-state index < -0.39 is 38.6 Å². The van der Waals surface area contributed by atoms with E-state index >= 15 is 0 Å². The van der Waals surface area contributed by atoms with Crippen LogP contribution in [-0.2, 0) is 21.0 Å². The molecule has 0 saturated carbocycles. The number of halogens is 4. The van der Waals surface area contributed by atoms with E-state index in [-0.39, 0.29) is 16.9 Å². The van der Waals surface area contributed by atoms with Crippen LogP contribution in [0.25, 0.3) is 0 Å². The van der Waals surface area contributed by atoms with Gasteiger partial charge in [0, 0.05) is 23.6 Å². The molecule has 1 aliphatic heterocycles. The number of carbonyl (C=O) groups is 1. The molecule has 0 aliphatic carbocycles. The average Bonchev–Trinajstić information content (AvgIpc) is 2.61. The number of hydrogen-bond donors (Lipinski definition) is 1. The van der Waals surface area contributed by atoms with Gasteiger partial charge in [0.2, 0.25) is 15.9 Å². The highest BCUT2D eigenvalue weighted by Gasteiger charge is 2.42. The lowest BCUT2D eigenvalue weighted by molar-refractivity contribution is -0.140. The fourth-order valence-corrected chi connectivity index (χ4v) is 5.49. The SMILES string of the molecule is CCCCNC(=O)C1CCC(C)N(S(=O)(=O)c2ccc(Br)cc2C(F)(F)F)C1. The molecule has 1 aliphatic rings.